The van der Waals surface area contributed by atoms with E-state index in [1.54, 1.807) is 6.33 Å². The van der Waals surface area contributed by atoms with Crippen LogP contribution in [0.4, 0.5) is 0 Å². The van der Waals surface area contributed by atoms with Crippen molar-refractivity contribution in [2.75, 3.05) is 19.7 Å². The van der Waals surface area contributed by atoms with Crippen molar-refractivity contribution < 1.29 is 5.11 Å². The SMILES string of the molecule is CC(C)Cn1ncnc1CN1CCCC(C)(CO)C1. The van der Waals surface area contributed by atoms with Crippen molar-refractivity contribution in [2.45, 2.75) is 46.7 Å². The van der Waals surface area contributed by atoms with Crippen LogP contribution in [0.5, 0.6) is 0 Å². The predicted molar refractivity (Wildman–Crippen MR) is 74.6 cm³/mol. The molecule has 1 unspecified atom stereocenters. The smallest absolute Gasteiger partial charge is 0.141 e. The highest BCUT2D eigenvalue weighted by Gasteiger charge is 2.30. The highest BCUT2D eigenvalue weighted by Crippen LogP contribution is 2.29. The maximum absolute atomic E-state index is 9.51. The van der Waals surface area contributed by atoms with E-state index in [2.05, 4.69) is 35.8 Å². The molecule has 2 heterocycles. The third kappa shape index (κ3) is 3.76. The molecule has 1 atom stereocenters. The van der Waals surface area contributed by atoms with Crippen LogP contribution in [0.1, 0.15) is 39.4 Å². The number of hydrogen-bond acceptors (Lipinski definition) is 4. The third-order valence-electron chi connectivity index (χ3n) is 3.84. The fourth-order valence-electron chi connectivity index (χ4n) is 2.80. The Hall–Kier alpha value is -0.940. The van der Waals surface area contributed by atoms with Crippen LogP contribution in [0.3, 0.4) is 0 Å². The molecule has 1 aliphatic heterocycles. The highest BCUT2D eigenvalue weighted by molar-refractivity contribution is 4.89. The molecule has 1 N–H and O–H groups in total. The van der Waals surface area contributed by atoms with E-state index in [4.69, 9.17) is 0 Å². The molecule has 0 saturated carbocycles. The summed E-state index contributed by atoms with van der Waals surface area (Å²) >= 11 is 0. The normalized spacial score (nSPS) is 25.1. The maximum atomic E-state index is 9.51. The molecule has 0 aromatic carbocycles. The monoisotopic (exact) mass is 266 g/mol. The minimum atomic E-state index is 0.0428. The van der Waals surface area contributed by atoms with Crippen LogP contribution >= 0.6 is 0 Å². The minimum absolute atomic E-state index is 0.0428. The van der Waals surface area contributed by atoms with Crippen molar-refractivity contribution in [3.8, 4) is 0 Å². The molecule has 1 aliphatic rings. The second kappa shape index (κ2) is 6.01. The summed E-state index contributed by atoms with van der Waals surface area (Å²) in [4.78, 5) is 6.77. The standard InChI is InChI=1S/C14H26N4O/c1-12(2)7-18-13(15-11-16-18)8-17-6-4-5-14(3,9-17)10-19/h11-12,19H,4-10H2,1-3H3. The molecule has 2 rings (SSSR count). The van der Waals surface area contributed by atoms with E-state index >= 15 is 0 Å². The number of piperidine rings is 1. The molecule has 0 amide bonds. The summed E-state index contributed by atoms with van der Waals surface area (Å²) in [6, 6.07) is 0. The average molecular weight is 266 g/mol. The van der Waals surface area contributed by atoms with Gasteiger partial charge in [0.05, 0.1) is 6.54 Å². The van der Waals surface area contributed by atoms with Gasteiger partial charge in [0.1, 0.15) is 12.2 Å². The van der Waals surface area contributed by atoms with Gasteiger partial charge >= 0.3 is 0 Å². The van der Waals surface area contributed by atoms with Gasteiger partial charge < -0.3 is 5.11 Å². The summed E-state index contributed by atoms with van der Waals surface area (Å²) in [5.41, 5.74) is 0.0428. The zero-order valence-electron chi connectivity index (χ0n) is 12.3. The van der Waals surface area contributed by atoms with Crippen LogP contribution in [-0.2, 0) is 13.1 Å². The van der Waals surface area contributed by atoms with E-state index in [9.17, 15) is 5.11 Å². The van der Waals surface area contributed by atoms with Gasteiger partial charge in [0, 0.05) is 25.1 Å². The van der Waals surface area contributed by atoms with Crippen LogP contribution in [0.25, 0.3) is 0 Å². The topological polar surface area (TPSA) is 54.2 Å². The van der Waals surface area contributed by atoms with Crippen LogP contribution in [-0.4, -0.2) is 44.5 Å². The van der Waals surface area contributed by atoms with Crippen LogP contribution in [0, 0.1) is 11.3 Å². The predicted octanol–water partition coefficient (Wildman–Crippen LogP) is 1.53. The lowest BCUT2D eigenvalue weighted by molar-refractivity contribution is 0.0410. The second-order valence-electron chi connectivity index (χ2n) is 6.54. The van der Waals surface area contributed by atoms with E-state index in [1.807, 2.05) is 4.68 Å². The molecule has 0 aliphatic carbocycles. The zero-order chi connectivity index (χ0) is 13.9. The summed E-state index contributed by atoms with van der Waals surface area (Å²) in [7, 11) is 0. The Morgan fingerprint density at radius 1 is 1.47 bits per heavy atom. The molecular weight excluding hydrogens is 240 g/mol. The Bertz CT molecular complexity index is 404. The van der Waals surface area contributed by atoms with E-state index in [0.29, 0.717) is 5.92 Å². The zero-order valence-corrected chi connectivity index (χ0v) is 12.3. The fraction of sp³-hybridized carbons (Fsp3) is 0.857. The molecule has 1 aromatic heterocycles. The van der Waals surface area contributed by atoms with Gasteiger partial charge in [-0.25, -0.2) is 9.67 Å². The van der Waals surface area contributed by atoms with Crippen LogP contribution in [0.15, 0.2) is 6.33 Å². The molecular formula is C14H26N4O. The third-order valence-corrected chi connectivity index (χ3v) is 3.84. The first kappa shape index (κ1) is 14.5. The van der Waals surface area contributed by atoms with Crippen LogP contribution < -0.4 is 0 Å². The Kier molecular flexibility index (Phi) is 4.58. The minimum Gasteiger partial charge on any atom is -0.396 e. The number of nitrogens with zero attached hydrogens (tertiary/aromatic N) is 4. The van der Waals surface area contributed by atoms with E-state index in [0.717, 1.165) is 44.8 Å². The maximum Gasteiger partial charge on any atom is 0.141 e. The quantitative estimate of drug-likeness (QED) is 0.878. The van der Waals surface area contributed by atoms with Crippen molar-refractivity contribution in [3.63, 3.8) is 0 Å². The Balaban J connectivity index is 1.99. The largest absolute Gasteiger partial charge is 0.396 e. The van der Waals surface area contributed by atoms with Crippen molar-refractivity contribution in [3.05, 3.63) is 12.2 Å². The second-order valence-corrected chi connectivity index (χ2v) is 6.54. The van der Waals surface area contributed by atoms with Gasteiger partial charge in [0.2, 0.25) is 0 Å². The number of aliphatic hydroxyl groups is 1. The summed E-state index contributed by atoms with van der Waals surface area (Å²) < 4.78 is 2.01. The molecule has 1 fully saturated rings. The Morgan fingerprint density at radius 3 is 2.95 bits per heavy atom. The molecule has 0 spiro atoms. The van der Waals surface area contributed by atoms with Crippen molar-refractivity contribution >= 4 is 0 Å². The molecule has 0 bridgehead atoms. The Labute approximate surface area is 115 Å². The number of aromatic nitrogens is 3. The van der Waals surface area contributed by atoms with Gasteiger partial charge in [-0.15, -0.1) is 0 Å². The van der Waals surface area contributed by atoms with Crippen LogP contribution in [0.2, 0.25) is 0 Å². The van der Waals surface area contributed by atoms with Gasteiger partial charge in [-0.3, -0.25) is 4.90 Å². The van der Waals surface area contributed by atoms with E-state index < -0.39 is 0 Å². The number of hydrogen-bond donors (Lipinski definition) is 1. The first-order valence-electron chi connectivity index (χ1n) is 7.22. The lowest BCUT2D eigenvalue weighted by atomic mass is 9.83. The molecule has 19 heavy (non-hydrogen) atoms. The Morgan fingerprint density at radius 2 is 2.26 bits per heavy atom. The number of aliphatic hydroxyl groups excluding tert-OH is 1. The van der Waals surface area contributed by atoms with Gasteiger partial charge in [-0.1, -0.05) is 20.8 Å². The molecule has 5 nitrogen and oxygen atoms in total. The first-order chi connectivity index (χ1) is 9.02. The number of likely N-dealkylation sites (tertiary alicyclic amines) is 1. The first-order valence-corrected chi connectivity index (χ1v) is 7.22. The van der Waals surface area contributed by atoms with Crippen molar-refractivity contribution in [2.24, 2.45) is 11.3 Å². The summed E-state index contributed by atoms with van der Waals surface area (Å²) in [5, 5.41) is 13.8. The molecule has 0 radical (unpaired) electrons. The summed E-state index contributed by atoms with van der Waals surface area (Å²) in [5.74, 6) is 1.61. The summed E-state index contributed by atoms with van der Waals surface area (Å²) in [6.45, 7) is 10.6. The van der Waals surface area contributed by atoms with Gasteiger partial charge in [0.15, 0.2) is 0 Å². The summed E-state index contributed by atoms with van der Waals surface area (Å²) in [6.07, 6.45) is 3.90. The van der Waals surface area contributed by atoms with Gasteiger partial charge in [0.25, 0.3) is 0 Å². The van der Waals surface area contributed by atoms with Crippen molar-refractivity contribution in [1.29, 1.82) is 0 Å². The van der Waals surface area contributed by atoms with Gasteiger partial charge in [-0.05, 0) is 25.3 Å². The van der Waals surface area contributed by atoms with E-state index in [1.165, 1.54) is 0 Å². The lowest BCUT2D eigenvalue weighted by Crippen LogP contribution is -2.43. The van der Waals surface area contributed by atoms with Gasteiger partial charge in [-0.2, -0.15) is 5.10 Å². The lowest BCUT2D eigenvalue weighted by Gasteiger charge is -2.39. The highest BCUT2D eigenvalue weighted by atomic mass is 16.3. The van der Waals surface area contributed by atoms with Crippen molar-refractivity contribution in [1.82, 2.24) is 19.7 Å². The molecule has 1 aromatic rings. The average Bonchev–Trinajstić information content (AvgIpc) is 2.76. The van der Waals surface area contributed by atoms with E-state index in [-0.39, 0.29) is 12.0 Å². The fourth-order valence-corrected chi connectivity index (χ4v) is 2.80. The number of rotatable bonds is 5. The molecule has 108 valence electrons. The molecule has 5 heteroatoms. The molecule has 1 saturated heterocycles.